The molecule has 2 amide bonds. The summed E-state index contributed by atoms with van der Waals surface area (Å²) in [5.74, 6) is -0.0404. The summed E-state index contributed by atoms with van der Waals surface area (Å²) in [6, 6.07) is 20.2. The first-order valence-electron chi connectivity index (χ1n) is 11.9. The molecule has 0 heterocycles. The summed E-state index contributed by atoms with van der Waals surface area (Å²) in [6.45, 7) is 5.88. The van der Waals surface area contributed by atoms with Gasteiger partial charge in [0.15, 0.2) is 0 Å². The molecule has 0 bridgehead atoms. The van der Waals surface area contributed by atoms with E-state index in [2.05, 4.69) is 5.32 Å². The number of nitrogens with one attached hydrogen (secondary N) is 1. The lowest BCUT2D eigenvalue weighted by Gasteiger charge is -2.34. The molecule has 0 aliphatic heterocycles. The van der Waals surface area contributed by atoms with Crippen LogP contribution in [0.1, 0.15) is 37.5 Å². The topological polar surface area (TPSA) is 49.4 Å². The van der Waals surface area contributed by atoms with Crippen LogP contribution >= 0.6 is 35.0 Å². The molecule has 0 saturated carbocycles. The van der Waals surface area contributed by atoms with Crippen LogP contribution in [0.25, 0.3) is 0 Å². The fourth-order valence-electron chi connectivity index (χ4n) is 3.76. The van der Waals surface area contributed by atoms with Gasteiger partial charge in [-0.2, -0.15) is 0 Å². The molecule has 1 unspecified atom stereocenters. The molecule has 0 spiro atoms. The number of hydrogen-bond acceptors (Lipinski definition) is 3. The predicted molar refractivity (Wildman–Crippen MR) is 151 cm³/mol. The zero-order valence-corrected chi connectivity index (χ0v) is 23.5. The van der Waals surface area contributed by atoms with Crippen molar-refractivity contribution in [1.29, 1.82) is 0 Å². The molecule has 1 N–H and O–H groups in total. The van der Waals surface area contributed by atoms with Crippen molar-refractivity contribution in [3.8, 4) is 0 Å². The number of carbonyl (C=O) groups is 2. The zero-order chi connectivity index (χ0) is 27.0. The molecule has 0 aliphatic rings. The number of rotatable bonds is 10. The minimum Gasteiger partial charge on any atom is -0.350 e. The molecule has 3 aromatic rings. The Morgan fingerprint density at radius 3 is 2.27 bits per heavy atom. The third-order valence-corrected chi connectivity index (χ3v) is 7.11. The van der Waals surface area contributed by atoms with Crippen LogP contribution in [0.4, 0.5) is 4.39 Å². The Morgan fingerprint density at radius 2 is 1.65 bits per heavy atom. The summed E-state index contributed by atoms with van der Waals surface area (Å²) in [5, 5.41) is 3.97. The van der Waals surface area contributed by atoms with Crippen LogP contribution in [-0.2, 0) is 28.3 Å². The van der Waals surface area contributed by atoms with Gasteiger partial charge in [-0.05, 0) is 61.7 Å². The van der Waals surface area contributed by atoms with Gasteiger partial charge < -0.3 is 10.2 Å². The van der Waals surface area contributed by atoms with Crippen LogP contribution in [-0.4, -0.2) is 34.0 Å². The highest BCUT2D eigenvalue weighted by atomic mass is 35.5. The smallest absolute Gasteiger partial charge is 0.243 e. The van der Waals surface area contributed by atoms with E-state index < -0.39 is 11.6 Å². The lowest BCUT2D eigenvalue weighted by Crippen LogP contribution is -2.54. The van der Waals surface area contributed by atoms with E-state index in [0.29, 0.717) is 27.8 Å². The number of thioether (sulfide) groups is 1. The molecular weight excluding hydrogens is 530 g/mol. The number of benzene rings is 3. The van der Waals surface area contributed by atoms with Crippen LogP contribution in [0.3, 0.4) is 0 Å². The van der Waals surface area contributed by atoms with Gasteiger partial charge in [0.25, 0.3) is 0 Å². The SMILES string of the molecule is CC(C)(C)NC(=O)C(Cc1ccccc1)N(Cc1ccc(Cl)cc1Cl)C(=O)CSCc1ccc(F)cc1. The number of nitrogens with zero attached hydrogens (tertiary/aromatic N) is 1. The van der Waals surface area contributed by atoms with Crippen LogP contribution < -0.4 is 5.32 Å². The van der Waals surface area contributed by atoms with Crippen molar-refractivity contribution < 1.29 is 14.0 Å². The monoisotopic (exact) mass is 560 g/mol. The molecule has 37 heavy (non-hydrogen) atoms. The molecule has 0 aromatic heterocycles. The third kappa shape index (κ3) is 9.37. The van der Waals surface area contributed by atoms with Crippen molar-refractivity contribution in [3.05, 3.63) is 105 Å². The van der Waals surface area contributed by atoms with Gasteiger partial charge in [-0.25, -0.2) is 4.39 Å². The average molecular weight is 562 g/mol. The summed E-state index contributed by atoms with van der Waals surface area (Å²) in [7, 11) is 0. The summed E-state index contributed by atoms with van der Waals surface area (Å²) >= 11 is 14.0. The Balaban J connectivity index is 1.89. The minimum absolute atomic E-state index is 0.149. The van der Waals surface area contributed by atoms with Crippen molar-refractivity contribution in [1.82, 2.24) is 10.2 Å². The number of halogens is 3. The van der Waals surface area contributed by atoms with Gasteiger partial charge in [0.1, 0.15) is 11.9 Å². The third-order valence-electron chi connectivity index (χ3n) is 5.53. The van der Waals surface area contributed by atoms with Gasteiger partial charge in [0.05, 0.1) is 5.75 Å². The van der Waals surface area contributed by atoms with E-state index in [-0.39, 0.29) is 29.9 Å². The molecule has 8 heteroatoms. The Morgan fingerprint density at radius 1 is 0.973 bits per heavy atom. The quantitative estimate of drug-likeness (QED) is 0.292. The maximum atomic E-state index is 13.7. The molecule has 4 nitrogen and oxygen atoms in total. The summed E-state index contributed by atoms with van der Waals surface area (Å²) in [4.78, 5) is 28.8. The van der Waals surface area contributed by atoms with Crippen molar-refractivity contribution in [2.24, 2.45) is 0 Å². The molecule has 3 aromatic carbocycles. The largest absolute Gasteiger partial charge is 0.350 e. The van der Waals surface area contributed by atoms with E-state index in [1.54, 1.807) is 35.2 Å². The lowest BCUT2D eigenvalue weighted by molar-refractivity contribution is -0.140. The summed E-state index contributed by atoms with van der Waals surface area (Å²) in [6.07, 6.45) is 0.350. The summed E-state index contributed by atoms with van der Waals surface area (Å²) in [5.41, 5.74) is 2.08. The fraction of sp³-hybridized carbons (Fsp3) is 0.310. The van der Waals surface area contributed by atoms with Crippen LogP contribution in [0.2, 0.25) is 10.0 Å². The highest BCUT2D eigenvalue weighted by Gasteiger charge is 2.32. The number of hydrogen-bond donors (Lipinski definition) is 1. The van der Waals surface area contributed by atoms with Crippen LogP contribution in [0.15, 0.2) is 72.8 Å². The molecular formula is C29H31Cl2FN2O2S. The van der Waals surface area contributed by atoms with Gasteiger partial charge in [-0.3, -0.25) is 9.59 Å². The predicted octanol–water partition coefficient (Wildman–Crippen LogP) is 6.92. The highest BCUT2D eigenvalue weighted by molar-refractivity contribution is 7.99. The van der Waals surface area contributed by atoms with Gasteiger partial charge >= 0.3 is 0 Å². The van der Waals surface area contributed by atoms with Crippen LogP contribution in [0.5, 0.6) is 0 Å². The van der Waals surface area contributed by atoms with Crippen LogP contribution in [0, 0.1) is 5.82 Å². The van der Waals surface area contributed by atoms with Crippen molar-refractivity contribution in [3.63, 3.8) is 0 Å². The Bertz CT molecular complexity index is 1200. The molecule has 0 radical (unpaired) electrons. The van der Waals surface area contributed by atoms with Gasteiger partial charge in [-0.15, -0.1) is 11.8 Å². The highest BCUT2D eigenvalue weighted by Crippen LogP contribution is 2.25. The maximum Gasteiger partial charge on any atom is 0.243 e. The van der Waals surface area contributed by atoms with E-state index in [0.717, 1.165) is 11.1 Å². The van der Waals surface area contributed by atoms with E-state index in [4.69, 9.17) is 23.2 Å². The van der Waals surface area contributed by atoms with E-state index in [1.165, 1.54) is 23.9 Å². The minimum atomic E-state index is -0.757. The second kappa shape index (κ2) is 13.3. The molecule has 1 atom stereocenters. The van der Waals surface area contributed by atoms with Crippen molar-refractivity contribution >= 4 is 46.8 Å². The molecule has 3 rings (SSSR count). The fourth-order valence-corrected chi connectivity index (χ4v) is 5.10. The number of amides is 2. The molecule has 0 saturated heterocycles. The maximum absolute atomic E-state index is 13.7. The standard InChI is InChI=1S/C29H31Cl2FN2O2S/c1-29(2,3)33-28(36)26(15-20-7-5-4-6-8-20)34(17-22-11-12-23(30)16-25(22)31)27(35)19-37-18-21-9-13-24(32)14-10-21/h4-14,16,26H,15,17-19H2,1-3H3,(H,33,36). The van der Waals surface area contributed by atoms with Crippen molar-refractivity contribution in [2.45, 2.75) is 51.1 Å². The van der Waals surface area contributed by atoms with E-state index in [9.17, 15) is 14.0 Å². The first-order chi connectivity index (χ1) is 17.5. The molecule has 0 fully saturated rings. The Labute approximate surface area is 232 Å². The first kappa shape index (κ1) is 29.0. The van der Waals surface area contributed by atoms with E-state index in [1.807, 2.05) is 51.1 Å². The first-order valence-corrected chi connectivity index (χ1v) is 13.8. The lowest BCUT2D eigenvalue weighted by atomic mass is 10.0. The molecule has 196 valence electrons. The zero-order valence-electron chi connectivity index (χ0n) is 21.1. The van der Waals surface area contributed by atoms with Gasteiger partial charge in [-0.1, -0.05) is 71.7 Å². The van der Waals surface area contributed by atoms with Gasteiger partial charge in [0.2, 0.25) is 11.8 Å². The average Bonchev–Trinajstić information content (AvgIpc) is 2.83. The number of carbonyl (C=O) groups excluding carboxylic acids is 2. The second-order valence-corrected chi connectivity index (χ2v) is 11.7. The van der Waals surface area contributed by atoms with Crippen molar-refractivity contribution in [2.75, 3.05) is 5.75 Å². The van der Waals surface area contributed by atoms with E-state index >= 15 is 0 Å². The normalized spacial score (nSPS) is 12.2. The summed E-state index contributed by atoms with van der Waals surface area (Å²) < 4.78 is 13.2. The Hall–Kier alpha value is -2.54. The Kier molecular flexibility index (Phi) is 10.4. The second-order valence-electron chi connectivity index (χ2n) is 9.82. The molecule has 0 aliphatic carbocycles. The van der Waals surface area contributed by atoms with Gasteiger partial charge in [0, 0.05) is 34.3 Å².